The van der Waals surface area contributed by atoms with E-state index in [2.05, 4.69) is 25.3 Å². The van der Waals surface area contributed by atoms with E-state index in [1.165, 1.54) is 6.20 Å². The normalized spacial score (nSPS) is 12.4. The zero-order valence-corrected chi connectivity index (χ0v) is 16.5. The number of benzene rings is 1. The highest BCUT2D eigenvalue weighted by molar-refractivity contribution is 6.29. The van der Waals surface area contributed by atoms with Crippen molar-refractivity contribution in [2.45, 2.75) is 20.4 Å². The molecule has 1 aliphatic heterocycles. The zero-order chi connectivity index (χ0) is 19.8. The third-order valence-electron chi connectivity index (χ3n) is 4.42. The Labute approximate surface area is 167 Å². The molecule has 0 saturated heterocycles. The SMILES string of the molecule is CCOC(=O)c1cnc(Cl)cc1Nc1cccc2c1N(C)Cc1nc(C)nn1-2. The summed E-state index contributed by atoms with van der Waals surface area (Å²) in [4.78, 5) is 22.9. The molecule has 3 heterocycles. The maximum atomic E-state index is 12.3. The van der Waals surface area contributed by atoms with Crippen molar-refractivity contribution >= 4 is 34.6 Å². The fourth-order valence-corrected chi connectivity index (χ4v) is 3.46. The van der Waals surface area contributed by atoms with Gasteiger partial charge in [-0.2, -0.15) is 5.10 Å². The van der Waals surface area contributed by atoms with Crippen molar-refractivity contribution < 1.29 is 9.53 Å². The van der Waals surface area contributed by atoms with Crippen LogP contribution in [0.15, 0.2) is 30.5 Å². The van der Waals surface area contributed by atoms with E-state index in [1.54, 1.807) is 13.0 Å². The number of ether oxygens (including phenoxy) is 1. The Kier molecular flexibility index (Phi) is 4.64. The van der Waals surface area contributed by atoms with Crippen LogP contribution < -0.4 is 10.2 Å². The number of carbonyl (C=O) groups is 1. The Morgan fingerprint density at radius 2 is 2.18 bits per heavy atom. The minimum Gasteiger partial charge on any atom is -0.462 e. The van der Waals surface area contributed by atoms with Crippen LogP contribution in [0.4, 0.5) is 17.1 Å². The highest BCUT2D eigenvalue weighted by Crippen LogP contribution is 2.38. The van der Waals surface area contributed by atoms with Gasteiger partial charge in [0.2, 0.25) is 0 Å². The lowest BCUT2D eigenvalue weighted by Gasteiger charge is -2.30. The summed E-state index contributed by atoms with van der Waals surface area (Å²) < 4.78 is 6.98. The molecular formula is C19H19ClN6O2. The van der Waals surface area contributed by atoms with Gasteiger partial charge in [0.05, 0.1) is 35.9 Å². The quantitative estimate of drug-likeness (QED) is 0.531. The first kappa shape index (κ1) is 18.2. The Bertz CT molecular complexity index is 1060. The molecule has 0 aliphatic carbocycles. The maximum absolute atomic E-state index is 12.3. The van der Waals surface area contributed by atoms with Gasteiger partial charge in [0, 0.05) is 13.2 Å². The molecule has 3 aromatic rings. The van der Waals surface area contributed by atoms with E-state index in [9.17, 15) is 4.79 Å². The van der Waals surface area contributed by atoms with Crippen LogP contribution in [-0.2, 0) is 11.3 Å². The first-order valence-electron chi connectivity index (χ1n) is 8.84. The number of nitrogens with one attached hydrogen (secondary N) is 1. The summed E-state index contributed by atoms with van der Waals surface area (Å²) in [7, 11) is 1.99. The lowest BCUT2D eigenvalue weighted by atomic mass is 10.1. The van der Waals surface area contributed by atoms with Crippen molar-refractivity contribution in [2.75, 3.05) is 23.9 Å². The third-order valence-corrected chi connectivity index (χ3v) is 4.63. The van der Waals surface area contributed by atoms with E-state index in [0.717, 1.165) is 28.7 Å². The van der Waals surface area contributed by atoms with Crippen LogP contribution in [0.5, 0.6) is 0 Å². The van der Waals surface area contributed by atoms with Crippen LogP contribution in [0.25, 0.3) is 5.69 Å². The molecule has 0 fully saturated rings. The number of rotatable bonds is 4. The second-order valence-corrected chi connectivity index (χ2v) is 6.80. The molecule has 1 aromatic carbocycles. The molecule has 0 atom stereocenters. The monoisotopic (exact) mass is 398 g/mol. The highest BCUT2D eigenvalue weighted by Gasteiger charge is 2.25. The summed E-state index contributed by atoms with van der Waals surface area (Å²) in [6, 6.07) is 7.46. The van der Waals surface area contributed by atoms with Crippen molar-refractivity contribution in [1.82, 2.24) is 19.7 Å². The van der Waals surface area contributed by atoms with Gasteiger partial charge in [0.1, 0.15) is 16.5 Å². The molecular weight excluding hydrogens is 380 g/mol. The lowest BCUT2D eigenvalue weighted by molar-refractivity contribution is 0.0527. The van der Waals surface area contributed by atoms with Crippen LogP contribution in [0.1, 0.15) is 28.9 Å². The van der Waals surface area contributed by atoms with Crippen LogP contribution in [0, 0.1) is 6.92 Å². The lowest BCUT2D eigenvalue weighted by Crippen LogP contribution is -2.27. The second-order valence-electron chi connectivity index (χ2n) is 6.41. The molecule has 0 saturated carbocycles. The van der Waals surface area contributed by atoms with Gasteiger partial charge in [-0.1, -0.05) is 17.7 Å². The van der Waals surface area contributed by atoms with Crippen LogP contribution in [0.2, 0.25) is 5.15 Å². The highest BCUT2D eigenvalue weighted by atomic mass is 35.5. The molecule has 9 heteroatoms. The molecule has 0 unspecified atom stereocenters. The minimum absolute atomic E-state index is 0.277. The number of anilines is 3. The summed E-state index contributed by atoms with van der Waals surface area (Å²) in [5, 5.41) is 8.11. The maximum Gasteiger partial charge on any atom is 0.341 e. The number of fused-ring (bicyclic) bond motifs is 3. The number of halogens is 1. The summed E-state index contributed by atoms with van der Waals surface area (Å²) in [5.41, 5.74) is 3.52. The molecule has 4 rings (SSSR count). The minimum atomic E-state index is -0.457. The van der Waals surface area contributed by atoms with E-state index >= 15 is 0 Å². The molecule has 0 radical (unpaired) electrons. The van der Waals surface area contributed by atoms with Crippen LogP contribution >= 0.6 is 11.6 Å². The molecule has 0 bridgehead atoms. The summed E-state index contributed by atoms with van der Waals surface area (Å²) in [6.45, 7) is 4.53. The van der Waals surface area contributed by atoms with Gasteiger partial charge in [-0.3, -0.25) is 0 Å². The van der Waals surface area contributed by atoms with Crippen molar-refractivity contribution in [2.24, 2.45) is 0 Å². The number of pyridine rings is 1. The van der Waals surface area contributed by atoms with Crippen molar-refractivity contribution in [3.05, 3.63) is 52.8 Å². The molecule has 8 nitrogen and oxygen atoms in total. The number of para-hydroxylation sites is 1. The van der Waals surface area contributed by atoms with Crippen molar-refractivity contribution in [1.29, 1.82) is 0 Å². The Balaban J connectivity index is 1.79. The average Bonchev–Trinajstić information content (AvgIpc) is 3.02. The van der Waals surface area contributed by atoms with E-state index < -0.39 is 5.97 Å². The predicted molar refractivity (Wildman–Crippen MR) is 107 cm³/mol. The van der Waals surface area contributed by atoms with Crippen molar-refractivity contribution in [3.8, 4) is 5.69 Å². The van der Waals surface area contributed by atoms with Gasteiger partial charge in [-0.25, -0.2) is 19.4 Å². The molecule has 28 heavy (non-hydrogen) atoms. The number of hydrogen-bond acceptors (Lipinski definition) is 7. The molecule has 1 N–H and O–H groups in total. The topological polar surface area (TPSA) is 85.2 Å². The van der Waals surface area contributed by atoms with E-state index in [4.69, 9.17) is 16.3 Å². The van der Waals surface area contributed by atoms with E-state index in [0.29, 0.717) is 17.8 Å². The van der Waals surface area contributed by atoms with Crippen molar-refractivity contribution in [3.63, 3.8) is 0 Å². The van der Waals surface area contributed by atoms with Gasteiger partial charge < -0.3 is 15.0 Å². The summed E-state index contributed by atoms with van der Waals surface area (Å²) in [6.07, 6.45) is 1.42. The standard InChI is InChI=1S/C19H19ClN6O2/c1-4-28-19(27)12-9-21-16(20)8-14(12)23-13-6-5-7-15-18(13)25(3)10-17-22-11(2)24-26(15)17/h5-9H,4,10H2,1-3H3,(H,21,23). The Morgan fingerprint density at radius 1 is 1.36 bits per heavy atom. The third kappa shape index (κ3) is 3.16. The van der Waals surface area contributed by atoms with E-state index in [1.807, 2.05) is 36.9 Å². The smallest absolute Gasteiger partial charge is 0.341 e. The van der Waals surface area contributed by atoms with Gasteiger partial charge in [-0.05, 0) is 32.0 Å². The summed E-state index contributed by atoms with van der Waals surface area (Å²) >= 11 is 6.07. The predicted octanol–water partition coefficient (Wildman–Crippen LogP) is 3.49. The average molecular weight is 399 g/mol. The number of aryl methyl sites for hydroxylation is 1. The van der Waals surface area contributed by atoms with Gasteiger partial charge in [-0.15, -0.1) is 0 Å². The van der Waals surface area contributed by atoms with Crippen LogP contribution in [0.3, 0.4) is 0 Å². The Morgan fingerprint density at radius 3 is 2.96 bits per heavy atom. The van der Waals surface area contributed by atoms with Gasteiger partial charge >= 0.3 is 5.97 Å². The molecule has 144 valence electrons. The molecule has 0 spiro atoms. The van der Waals surface area contributed by atoms with Crippen LogP contribution in [-0.4, -0.2) is 39.4 Å². The largest absolute Gasteiger partial charge is 0.462 e. The fraction of sp³-hybridized carbons (Fsp3) is 0.263. The number of aromatic nitrogens is 4. The Hall–Kier alpha value is -3.13. The fourth-order valence-electron chi connectivity index (χ4n) is 3.30. The summed E-state index contributed by atoms with van der Waals surface area (Å²) in [5.74, 6) is 1.14. The zero-order valence-electron chi connectivity index (χ0n) is 15.7. The second kappa shape index (κ2) is 7.12. The number of hydrogen-bond donors (Lipinski definition) is 1. The van der Waals surface area contributed by atoms with Gasteiger partial charge in [0.25, 0.3) is 0 Å². The first-order chi connectivity index (χ1) is 13.5. The first-order valence-corrected chi connectivity index (χ1v) is 9.22. The molecule has 2 aromatic heterocycles. The molecule has 1 aliphatic rings. The molecule has 0 amide bonds. The van der Waals surface area contributed by atoms with Gasteiger partial charge in [0.15, 0.2) is 5.82 Å². The number of carbonyl (C=O) groups excluding carboxylic acids is 1. The van der Waals surface area contributed by atoms with E-state index in [-0.39, 0.29) is 11.8 Å². The number of esters is 1. The number of nitrogens with zero attached hydrogens (tertiary/aromatic N) is 5.